The molecule has 0 fully saturated rings. The van der Waals surface area contributed by atoms with Gasteiger partial charge in [0.05, 0.1) is 0 Å². The predicted molar refractivity (Wildman–Crippen MR) is 55.3 cm³/mol. The molecular formula is C10H18ClF3O. The molecule has 0 saturated heterocycles. The number of halogens is 4. The monoisotopic (exact) mass is 246 g/mol. The van der Waals surface area contributed by atoms with Gasteiger partial charge in [0.1, 0.15) is 0 Å². The lowest BCUT2D eigenvalue weighted by molar-refractivity contribution is -0.137. The third-order valence-electron chi connectivity index (χ3n) is 1.92. The van der Waals surface area contributed by atoms with Gasteiger partial charge in [0.15, 0.2) is 0 Å². The summed E-state index contributed by atoms with van der Waals surface area (Å²) in [5, 5.41) is 0. The maximum Gasteiger partial charge on any atom is 0.389 e. The van der Waals surface area contributed by atoms with Crippen molar-refractivity contribution in [1.29, 1.82) is 0 Å². The Labute approximate surface area is 93.9 Å². The highest BCUT2D eigenvalue weighted by atomic mass is 35.5. The Hall–Kier alpha value is 0.0400. The molecule has 0 aliphatic rings. The van der Waals surface area contributed by atoms with E-state index >= 15 is 0 Å². The van der Waals surface area contributed by atoms with Gasteiger partial charge in [-0.05, 0) is 19.3 Å². The van der Waals surface area contributed by atoms with Crippen molar-refractivity contribution in [3.63, 3.8) is 0 Å². The molecule has 0 aliphatic heterocycles. The van der Waals surface area contributed by atoms with E-state index in [0.29, 0.717) is 12.5 Å². The number of rotatable bonds is 9. The van der Waals surface area contributed by atoms with E-state index in [1.54, 1.807) is 0 Å². The van der Waals surface area contributed by atoms with Crippen LogP contribution in [0.5, 0.6) is 0 Å². The molecule has 1 nitrogen and oxygen atoms in total. The fraction of sp³-hybridized carbons (Fsp3) is 1.00. The maximum absolute atomic E-state index is 11.7. The highest BCUT2D eigenvalue weighted by Crippen LogP contribution is 2.20. The third kappa shape index (κ3) is 14.0. The topological polar surface area (TPSA) is 9.23 Å². The zero-order chi connectivity index (χ0) is 11.6. The Bertz CT molecular complexity index is 139. The smallest absolute Gasteiger partial charge is 0.381 e. The van der Waals surface area contributed by atoms with Crippen LogP contribution in [0.15, 0.2) is 0 Å². The van der Waals surface area contributed by atoms with E-state index in [2.05, 4.69) is 0 Å². The molecule has 0 spiro atoms. The Kier molecular flexibility index (Phi) is 9.30. The maximum atomic E-state index is 11.7. The zero-order valence-electron chi connectivity index (χ0n) is 8.78. The predicted octanol–water partition coefficient (Wildman–Crippen LogP) is 4.14. The number of hydrogen-bond acceptors (Lipinski definition) is 1. The largest absolute Gasteiger partial charge is 0.389 e. The summed E-state index contributed by atoms with van der Waals surface area (Å²) in [6.07, 6.45) is -0.742. The molecule has 0 aromatic rings. The molecule has 0 heterocycles. The molecule has 0 N–H and O–H groups in total. The summed E-state index contributed by atoms with van der Waals surface area (Å²) < 4.78 is 40.2. The minimum absolute atomic E-state index is 0.0607. The Morgan fingerprint density at radius 1 is 0.867 bits per heavy atom. The van der Waals surface area contributed by atoms with Gasteiger partial charge < -0.3 is 4.74 Å². The van der Waals surface area contributed by atoms with Crippen LogP contribution < -0.4 is 0 Å². The van der Waals surface area contributed by atoms with Crippen molar-refractivity contribution in [2.24, 2.45) is 0 Å². The van der Waals surface area contributed by atoms with Crippen LogP contribution in [0.25, 0.3) is 0 Å². The second-order valence-electron chi connectivity index (χ2n) is 3.43. The average molecular weight is 247 g/mol. The molecule has 92 valence electrons. The Morgan fingerprint density at radius 3 is 2.07 bits per heavy atom. The highest BCUT2D eigenvalue weighted by molar-refractivity contribution is 6.17. The summed E-state index contributed by atoms with van der Waals surface area (Å²) in [6, 6.07) is 0. The zero-order valence-corrected chi connectivity index (χ0v) is 9.54. The summed E-state index contributed by atoms with van der Waals surface area (Å²) in [4.78, 5) is 0. The van der Waals surface area contributed by atoms with Crippen LogP contribution >= 0.6 is 11.6 Å². The lowest BCUT2D eigenvalue weighted by atomic mass is 10.2. The molecule has 0 saturated carbocycles. The van der Waals surface area contributed by atoms with Gasteiger partial charge in [-0.25, -0.2) is 0 Å². The van der Waals surface area contributed by atoms with Gasteiger partial charge >= 0.3 is 6.18 Å². The van der Waals surface area contributed by atoms with E-state index in [9.17, 15) is 13.2 Å². The van der Waals surface area contributed by atoms with Gasteiger partial charge in [-0.1, -0.05) is 12.8 Å². The van der Waals surface area contributed by atoms with Crippen molar-refractivity contribution >= 4 is 11.6 Å². The van der Waals surface area contributed by atoms with Gasteiger partial charge in [-0.15, -0.1) is 11.6 Å². The molecule has 0 rings (SSSR count). The molecule has 0 radical (unpaired) electrons. The quantitative estimate of drug-likeness (QED) is 0.439. The van der Waals surface area contributed by atoms with Gasteiger partial charge in [0.25, 0.3) is 0 Å². The standard InChI is InChI=1S/C10H18ClF3O/c11-7-3-1-2-4-8-15-9-5-6-10(12,13)14/h1-9H2. The number of ether oxygens (including phenoxy) is 1. The van der Waals surface area contributed by atoms with Crippen molar-refractivity contribution in [2.45, 2.75) is 44.7 Å². The van der Waals surface area contributed by atoms with Crippen LogP contribution in [0.3, 0.4) is 0 Å². The van der Waals surface area contributed by atoms with E-state index in [1.807, 2.05) is 0 Å². The molecular weight excluding hydrogens is 229 g/mol. The van der Waals surface area contributed by atoms with Gasteiger partial charge in [0, 0.05) is 25.5 Å². The van der Waals surface area contributed by atoms with E-state index in [-0.39, 0.29) is 13.0 Å². The van der Waals surface area contributed by atoms with Gasteiger partial charge in [-0.2, -0.15) is 13.2 Å². The molecule has 0 aromatic carbocycles. The summed E-state index contributed by atoms with van der Waals surface area (Å²) in [5.41, 5.74) is 0. The first-order valence-electron chi connectivity index (χ1n) is 5.27. The number of hydrogen-bond donors (Lipinski definition) is 0. The molecule has 0 aliphatic carbocycles. The Morgan fingerprint density at radius 2 is 1.47 bits per heavy atom. The second-order valence-corrected chi connectivity index (χ2v) is 3.81. The van der Waals surface area contributed by atoms with Gasteiger partial charge in [-0.3, -0.25) is 0 Å². The van der Waals surface area contributed by atoms with Crippen molar-refractivity contribution in [1.82, 2.24) is 0 Å². The second kappa shape index (κ2) is 9.28. The van der Waals surface area contributed by atoms with Crippen molar-refractivity contribution < 1.29 is 17.9 Å². The molecule has 0 unspecified atom stereocenters. The first-order valence-corrected chi connectivity index (χ1v) is 5.80. The van der Waals surface area contributed by atoms with Gasteiger partial charge in [0.2, 0.25) is 0 Å². The van der Waals surface area contributed by atoms with Crippen molar-refractivity contribution in [3.05, 3.63) is 0 Å². The molecule has 0 aromatic heterocycles. The van der Waals surface area contributed by atoms with Crippen molar-refractivity contribution in [2.75, 3.05) is 19.1 Å². The number of alkyl halides is 4. The minimum atomic E-state index is -4.05. The highest BCUT2D eigenvalue weighted by Gasteiger charge is 2.25. The summed E-state index contributed by atoms with van der Waals surface area (Å²) >= 11 is 5.49. The SMILES string of the molecule is FC(F)(F)CCCOCCCCCCCl. The molecule has 0 atom stereocenters. The third-order valence-corrected chi connectivity index (χ3v) is 2.19. The lowest BCUT2D eigenvalue weighted by Gasteiger charge is -2.06. The fourth-order valence-electron chi connectivity index (χ4n) is 1.13. The number of unbranched alkanes of at least 4 members (excludes halogenated alkanes) is 3. The van der Waals surface area contributed by atoms with Crippen molar-refractivity contribution in [3.8, 4) is 0 Å². The molecule has 5 heteroatoms. The normalized spacial score (nSPS) is 12.0. The summed E-state index contributed by atoms with van der Waals surface area (Å²) in [6.45, 7) is 0.759. The van der Waals surface area contributed by atoms with Crippen LogP contribution in [-0.2, 0) is 4.74 Å². The minimum Gasteiger partial charge on any atom is -0.381 e. The first-order chi connectivity index (χ1) is 7.06. The first kappa shape index (κ1) is 15.0. The van der Waals surface area contributed by atoms with E-state index in [0.717, 1.165) is 25.7 Å². The molecule has 15 heavy (non-hydrogen) atoms. The van der Waals surface area contributed by atoms with E-state index in [4.69, 9.17) is 16.3 Å². The average Bonchev–Trinajstić information content (AvgIpc) is 2.14. The van der Waals surface area contributed by atoms with E-state index < -0.39 is 12.6 Å². The fourth-order valence-corrected chi connectivity index (χ4v) is 1.32. The lowest BCUT2D eigenvalue weighted by Crippen LogP contribution is -2.09. The summed E-state index contributed by atoms with van der Waals surface area (Å²) in [5.74, 6) is 0.673. The van der Waals surface area contributed by atoms with Crippen LogP contribution in [0.2, 0.25) is 0 Å². The molecule has 0 amide bonds. The van der Waals surface area contributed by atoms with Crippen LogP contribution in [0, 0.1) is 0 Å². The van der Waals surface area contributed by atoms with Crippen LogP contribution in [0.1, 0.15) is 38.5 Å². The summed E-state index contributed by atoms with van der Waals surface area (Å²) in [7, 11) is 0. The Balaban J connectivity index is 2.99. The molecule has 0 bridgehead atoms. The van der Waals surface area contributed by atoms with Crippen LogP contribution in [-0.4, -0.2) is 25.3 Å². The van der Waals surface area contributed by atoms with Crippen LogP contribution in [0.4, 0.5) is 13.2 Å². The van der Waals surface area contributed by atoms with E-state index in [1.165, 1.54) is 0 Å².